The van der Waals surface area contributed by atoms with Crippen molar-refractivity contribution in [2.45, 2.75) is 179 Å². The number of sulfone groups is 1. The number of hydrogen-bond acceptors (Lipinski definition) is 23. The van der Waals surface area contributed by atoms with Crippen molar-refractivity contribution in [3.8, 4) is 33.8 Å². The molecule has 11 N–H and O–H groups in total. The number of para-hydroxylation sites is 2. The number of hydrogen-bond donors (Lipinski definition) is 10. The van der Waals surface area contributed by atoms with Crippen LogP contribution in [-0.4, -0.2) is 266 Å². The maximum Gasteiger partial charge on any atom is 0.511 e. The number of aliphatic hydroxyl groups is 4. The molecule has 6 aliphatic carbocycles. The SMILES string of the molecule is CN(C)C[C@H](N)Cc1ccccc1.COc1c(CN2O[C@@H](CO)C([C@H](C)O)[C@H]2C(=O)N[C@H]2C[C@H]3C[C@@H]([C@@H]2C)C3(C)C)cccc1-c1cc(C(=O)O)cc(N(C)CCS(=O)(=O)C(F)(F)F)c1.COc1c(CN2O[C@@H](CO)[C@@H]([C@H](C)O)[C@H]2C(=O)NC2C[C@H]3C[C@@H]([C@@H]2C)C3(C)C)cccc1-c1cc(C(=O)N[C@@H](Cc2ccccc2)CN(C)C)cc(N(C)CCNS(=O)(=O)C(F)(F)F)c1. The number of rotatable bonds is 36. The van der Waals surface area contributed by atoms with E-state index >= 15 is 0 Å². The molecule has 28 nitrogen and oxygen atoms in total. The Kier molecular flexibility index (Phi) is 34.4. The van der Waals surface area contributed by atoms with Crippen LogP contribution in [0.15, 0.2) is 133 Å². The number of sulfonamides is 1. The van der Waals surface area contributed by atoms with Gasteiger partial charge in [0.15, 0.2) is 0 Å². The van der Waals surface area contributed by atoms with E-state index < -0.39 is 123 Å². The second-order valence-corrected chi connectivity index (χ2v) is 41.5. The van der Waals surface area contributed by atoms with Crippen LogP contribution in [0.3, 0.4) is 0 Å². The van der Waals surface area contributed by atoms with Gasteiger partial charge in [-0.3, -0.25) is 24.1 Å². The molecule has 3 amide bonds. The number of carbonyl (C=O) groups excluding carboxylic acids is 3. The van der Waals surface area contributed by atoms with Crippen molar-refractivity contribution in [2.75, 3.05) is 118 Å². The summed E-state index contributed by atoms with van der Waals surface area (Å²) in [5.74, 6) is -2.03. The molecule has 18 atom stereocenters. The predicted octanol–water partition coefficient (Wildman–Crippen LogP) is 10.0. The molecular formula is C94H131F6N11O17S2. The van der Waals surface area contributed by atoms with Crippen LogP contribution in [0.25, 0.3) is 22.3 Å². The number of fused-ring (bicyclic) bond motifs is 4. The number of aliphatic hydroxyl groups excluding tert-OH is 4. The Bertz CT molecular complexity index is 5080. The standard InChI is InChI=1S/C47H65F3N6O8S.C36H48F3N3O9S.C11H18N2/c1-28-38-23-34(46(38,3)4)24-39(28)53-45(60)42-41(29(2)58)40(27-57)64-56(42)25-31-15-12-16-37(43(31)63-8)32-20-33(22-36(21-32)55(7)18-17-51-65(61,62)47(48,49)50)44(59)52-35(26-54(5)6)19-30-13-10-9-11-14-30;1-19-27-15-24(35(27,3)4)16-28(19)40-33(45)31-30(20(2)44)29(18-43)51-42(31)17-21-8-7-9-26(32(21)50-6)22-12-23(34(46)47)14-25(13-22)41(5)10-11-52(48,49)36(37,38)39;1-13(2)9-11(12)8-10-6-4-3-5-7-10/h9-16,20-22,28-29,34-35,38-42,51,57-58H,17-19,23-27H2,1-8H3,(H,52,59)(H,53,60);7-9,12-14,19-20,24,27-31,43-44H,10-11,15-18H2,1-6H3,(H,40,45)(H,46,47);3-7,11H,8-9,12H2,1-2H3/t28-,29-,34+,35-,38-,39?,40-,41+,42-;19-,20-,24+,27-,28-,29-,30?,31-;11-/m001/s1. The van der Waals surface area contributed by atoms with Crippen molar-refractivity contribution >= 4 is 54.9 Å². The van der Waals surface area contributed by atoms with Gasteiger partial charge in [-0.2, -0.15) is 36.5 Å². The van der Waals surface area contributed by atoms with Crippen LogP contribution >= 0.6 is 0 Å². The Morgan fingerprint density at radius 1 is 0.577 bits per heavy atom. The summed E-state index contributed by atoms with van der Waals surface area (Å²) < 4.78 is 139. The average Bonchev–Trinajstić information content (AvgIpc) is 0.901. The maximum atomic E-state index is 14.4. The summed E-state index contributed by atoms with van der Waals surface area (Å²) in [5, 5.41) is 65.0. The molecule has 2 saturated heterocycles. The second-order valence-electron chi connectivity index (χ2n) is 37.6. The van der Waals surface area contributed by atoms with Crippen molar-refractivity contribution in [3.63, 3.8) is 0 Å². The molecule has 0 radical (unpaired) electrons. The molecule has 36 heteroatoms. The number of nitrogens with zero attached hydrogens (tertiary/aromatic N) is 6. The zero-order valence-corrected chi connectivity index (χ0v) is 78.5. The van der Waals surface area contributed by atoms with Gasteiger partial charge in [0, 0.05) is 122 Å². The molecule has 8 aliphatic rings. The Morgan fingerprint density at radius 2 is 1.00 bits per heavy atom. The van der Waals surface area contributed by atoms with E-state index in [1.165, 1.54) is 60.1 Å². The lowest BCUT2D eigenvalue weighted by Crippen LogP contribution is -2.62. The Labute approximate surface area is 759 Å². The first kappa shape index (κ1) is 103. The van der Waals surface area contributed by atoms with Crippen molar-refractivity contribution in [1.82, 2.24) is 40.6 Å². The number of alkyl halides is 6. The minimum atomic E-state index is -5.59. The molecule has 6 aromatic carbocycles. The molecule has 8 fully saturated rings. The number of anilines is 2. The molecule has 718 valence electrons. The molecule has 130 heavy (non-hydrogen) atoms. The quantitative estimate of drug-likeness (QED) is 0.0163. The largest absolute Gasteiger partial charge is 0.511 e. The molecule has 4 bridgehead atoms. The number of carbonyl (C=O) groups is 4. The van der Waals surface area contributed by atoms with E-state index in [1.54, 1.807) is 85.1 Å². The lowest BCUT2D eigenvalue weighted by atomic mass is 9.45. The number of nitrogens with two attached hydrogens (primary N) is 1. The summed E-state index contributed by atoms with van der Waals surface area (Å²) in [6.45, 7) is 15.8. The van der Waals surface area contributed by atoms with Crippen LogP contribution in [0.1, 0.15) is 124 Å². The summed E-state index contributed by atoms with van der Waals surface area (Å²) in [6, 6.07) is 37.5. The van der Waals surface area contributed by atoms with E-state index in [1.807, 2.05) is 69.5 Å². The fraction of sp³-hybridized carbons (Fsp3) is 0.574. The summed E-state index contributed by atoms with van der Waals surface area (Å²) in [5.41, 5.74) is 1.27. The first-order chi connectivity index (χ1) is 60.9. The van der Waals surface area contributed by atoms with Gasteiger partial charge in [0.05, 0.1) is 64.0 Å². The maximum absolute atomic E-state index is 14.4. The summed E-state index contributed by atoms with van der Waals surface area (Å²) in [4.78, 5) is 74.1. The zero-order valence-electron chi connectivity index (χ0n) is 76.9. The molecule has 6 aromatic rings. The molecule has 0 spiro atoms. The number of carboxylic acids is 1. The second kappa shape index (κ2) is 43.2. The number of carboxylic acid groups (broad SMARTS) is 1. The number of nitrogens with one attached hydrogen (secondary N) is 4. The first-order valence-corrected chi connectivity index (χ1v) is 47.2. The van der Waals surface area contributed by atoms with Gasteiger partial charge in [-0.15, -0.1) is 0 Å². The highest BCUT2D eigenvalue weighted by Crippen LogP contribution is 2.62. The topological polar surface area (TPSA) is 368 Å². The lowest BCUT2D eigenvalue weighted by Gasteiger charge is -2.62. The Hall–Kier alpha value is -8.60. The van der Waals surface area contributed by atoms with Crippen LogP contribution in [0.4, 0.5) is 37.7 Å². The normalized spacial score (nSPS) is 25.0. The molecule has 0 aromatic heterocycles. The monoisotopic (exact) mass is 1860 g/mol. The smallest absolute Gasteiger partial charge is 0.496 e. The number of amides is 3. The zero-order chi connectivity index (χ0) is 95.8. The van der Waals surface area contributed by atoms with E-state index in [0.717, 1.165) is 44.2 Å². The highest BCUT2D eigenvalue weighted by Gasteiger charge is 2.60. The number of aromatic carboxylic acids is 1. The van der Waals surface area contributed by atoms with Crippen LogP contribution in [0.2, 0.25) is 0 Å². The minimum absolute atomic E-state index is 0.00527. The van der Waals surface area contributed by atoms with E-state index in [9.17, 15) is 87.9 Å². The van der Waals surface area contributed by atoms with Gasteiger partial charge in [-0.05, 0) is 186 Å². The fourth-order valence-electron chi connectivity index (χ4n) is 20.2. The van der Waals surface area contributed by atoms with Gasteiger partial charge in [0.25, 0.3) is 5.91 Å². The molecule has 2 heterocycles. The number of benzene rings is 6. The van der Waals surface area contributed by atoms with Crippen molar-refractivity contribution in [2.24, 2.45) is 63.9 Å². The molecule has 2 unspecified atom stereocenters. The van der Waals surface area contributed by atoms with E-state index in [0.29, 0.717) is 81.5 Å². The van der Waals surface area contributed by atoms with Crippen molar-refractivity contribution in [1.29, 1.82) is 0 Å². The van der Waals surface area contributed by atoms with Gasteiger partial charge < -0.3 is 76.3 Å². The first-order valence-electron chi connectivity index (χ1n) is 44.1. The third-order valence-electron chi connectivity index (χ3n) is 27.5. The van der Waals surface area contributed by atoms with Gasteiger partial charge in [-0.1, -0.05) is 139 Å². The van der Waals surface area contributed by atoms with E-state index in [-0.39, 0.29) is 101 Å². The van der Waals surface area contributed by atoms with Crippen molar-refractivity contribution in [3.05, 3.63) is 167 Å². The van der Waals surface area contributed by atoms with Gasteiger partial charge in [0.1, 0.15) is 35.8 Å². The Balaban J connectivity index is 0.000000241. The van der Waals surface area contributed by atoms with Crippen molar-refractivity contribution < 1.29 is 107 Å². The molecule has 6 saturated carbocycles. The summed E-state index contributed by atoms with van der Waals surface area (Å²) in [7, 11) is 2.71. The molecule has 14 rings (SSSR count). The third kappa shape index (κ3) is 24.3. The van der Waals surface area contributed by atoms with Crippen LogP contribution in [0, 0.1) is 58.2 Å². The number of halogens is 6. The third-order valence-corrected chi connectivity index (χ3v) is 30.1. The van der Waals surface area contributed by atoms with Crippen LogP contribution in [-0.2, 0) is 65.1 Å². The van der Waals surface area contributed by atoms with E-state index in [2.05, 4.69) is 86.7 Å². The van der Waals surface area contributed by atoms with Crippen LogP contribution < -0.4 is 45.7 Å². The van der Waals surface area contributed by atoms with Gasteiger partial charge in [0.2, 0.25) is 21.7 Å². The fourth-order valence-corrected chi connectivity index (χ4v) is 21.4. The number of hydroxylamine groups is 4. The van der Waals surface area contributed by atoms with Gasteiger partial charge >= 0.3 is 27.0 Å². The molecule has 2 aliphatic heterocycles. The highest BCUT2D eigenvalue weighted by atomic mass is 32.2. The molecular weight excluding hydrogens is 1730 g/mol. The Morgan fingerprint density at radius 3 is 1.38 bits per heavy atom. The lowest BCUT2D eigenvalue weighted by molar-refractivity contribution is -0.183. The average molecular weight is 1870 g/mol. The van der Waals surface area contributed by atoms with Crippen LogP contribution in [0.5, 0.6) is 11.5 Å². The summed E-state index contributed by atoms with van der Waals surface area (Å²) >= 11 is 0. The van der Waals surface area contributed by atoms with E-state index in [4.69, 9.17) is 24.9 Å². The number of ether oxygens (including phenoxy) is 2. The van der Waals surface area contributed by atoms with Gasteiger partial charge in [-0.25, -0.2) is 26.4 Å². The summed E-state index contributed by atoms with van der Waals surface area (Å²) in [6.07, 6.45) is 1.68. The highest BCUT2D eigenvalue weighted by molar-refractivity contribution is 7.92. The minimum Gasteiger partial charge on any atom is -0.496 e. The number of methoxy groups -OCH3 is 2. The number of likely N-dealkylation sites (N-methyl/N-ethyl adjacent to an activating group) is 3. The predicted molar refractivity (Wildman–Crippen MR) is 485 cm³/mol.